The monoisotopic (exact) mass is 453 g/mol. The summed E-state index contributed by atoms with van der Waals surface area (Å²) in [6.45, 7) is 8.73. The molecule has 2 saturated heterocycles. The third kappa shape index (κ3) is 7.39. The Balaban J connectivity index is 0.000000534. The molecule has 1 aromatic heterocycles. The number of aromatic nitrogens is 2. The summed E-state index contributed by atoms with van der Waals surface area (Å²) in [4.78, 5) is 45.6. The average Bonchev–Trinajstić information content (AvgIpc) is 2.97. The van der Waals surface area contributed by atoms with Gasteiger partial charge in [-0.25, -0.2) is 14.6 Å². The molecule has 12 nitrogen and oxygen atoms in total. The topological polar surface area (TPSA) is 146 Å². The summed E-state index contributed by atoms with van der Waals surface area (Å²) in [7, 11) is 1.98. The molecular weight excluding hydrogens is 422 g/mol. The number of nitrogens with zero attached hydrogens (tertiary/aromatic N) is 5. The van der Waals surface area contributed by atoms with Crippen LogP contribution in [-0.2, 0) is 23.9 Å². The van der Waals surface area contributed by atoms with E-state index in [0.717, 1.165) is 12.4 Å². The van der Waals surface area contributed by atoms with E-state index in [-0.39, 0.29) is 5.91 Å². The molecule has 2 aliphatic heterocycles. The molecule has 3 rings (SSSR count). The van der Waals surface area contributed by atoms with Crippen LogP contribution < -0.4 is 4.90 Å². The van der Waals surface area contributed by atoms with E-state index in [2.05, 4.69) is 33.6 Å². The second-order valence-corrected chi connectivity index (χ2v) is 8.00. The fraction of sp³-hybridized carbons (Fsp3) is 0.650. The Morgan fingerprint density at radius 1 is 1.16 bits per heavy atom. The third-order valence-electron chi connectivity index (χ3n) is 5.27. The molecule has 0 saturated carbocycles. The number of hydrogen-bond donors (Lipinski definition) is 2. The van der Waals surface area contributed by atoms with Crippen molar-refractivity contribution >= 4 is 23.7 Å². The zero-order chi connectivity index (χ0) is 23.7. The molecule has 1 spiro atoms. The summed E-state index contributed by atoms with van der Waals surface area (Å²) in [5, 5.41) is 14.8. The smallest absolute Gasteiger partial charge is 0.414 e. The number of anilines is 1. The van der Waals surface area contributed by atoms with E-state index in [1.54, 1.807) is 18.6 Å². The van der Waals surface area contributed by atoms with Crippen molar-refractivity contribution in [3.8, 4) is 0 Å². The number of carboxylic acids is 2. The van der Waals surface area contributed by atoms with Crippen LogP contribution in [0.4, 0.5) is 5.82 Å². The van der Waals surface area contributed by atoms with Gasteiger partial charge in [-0.05, 0) is 20.9 Å². The van der Waals surface area contributed by atoms with E-state index in [9.17, 15) is 4.79 Å². The SMILES string of the molecule is CC(C)N(C)CC(=O)N1CCOC2(COCCN(c3cnccn3)C2)C1.O=C(O)C(=O)O. The number of carboxylic acid groups (broad SMARTS) is 2. The van der Waals surface area contributed by atoms with Crippen LogP contribution >= 0.6 is 0 Å². The van der Waals surface area contributed by atoms with Gasteiger partial charge in [0.2, 0.25) is 5.91 Å². The van der Waals surface area contributed by atoms with Crippen LogP contribution in [-0.4, -0.2) is 119 Å². The molecule has 1 atom stereocenters. The lowest BCUT2D eigenvalue weighted by molar-refractivity contribution is -0.159. The molecule has 3 heterocycles. The minimum atomic E-state index is -1.82. The fourth-order valence-electron chi connectivity index (χ4n) is 3.29. The van der Waals surface area contributed by atoms with Crippen molar-refractivity contribution in [3.05, 3.63) is 18.6 Å². The minimum absolute atomic E-state index is 0.138. The largest absolute Gasteiger partial charge is 0.473 e. The summed E-state index contributed by atoms with van der Waals surface area (Å²) in [5.41, 5.74) is -0.529. The lowest BCUT2D eigenvalue weighted by Crippen LogP contribution is -2.61. The Hall–Kier alpha value is -2.83. The van der Waals surface area contributed by atoms with Crippen LogP contribution in [0.1, 0.15) is 13.8 Å². The second-order valence-electron chi connectivity index (χ2n) is 8.00. The minimum Gasteiger partial charge on any atom is -0.473 e. The van der Waals surface area contributed by atoms with Crippen molar-refractivity contribution in [1.82, 2.24) is 19.8 Å². The van der Waals surface area contributed by atoms with Crippen molar-refractivity contribution in [1.29, 1.82) is 0 Å². The number of likely N-dealkylation sites (N-methyl/N-ethyl adjacent to an activating group) is 1. The number of hydrogen-bond acceptors (Lipinski definition) is 9. The van der Waals surface area contributed by atoms with Gasteiger partial charge < -0.3 is 29.5 Å². The molecule has 12 heteroatoms. The summed E-state index contributed by atoms with van der Waals surface area (Å²) >= 11 is 0. The zero-order valence-electron chi connectivity index (χ0n) is 18.6. The lowest BCUT2D eigenvalue weighted by Gasteiger charge is -2.43. The molecular formula is C20H31N5O7. The van der Waals surface area contributed by atoms with Crippen LogP contribution in [0.3, 0.4) is 0 Å². The molecule has 0 bridgehead atoms. The summed E-state index contributed by atoms with van der Waals surface area (Å²) in [6, 6.07) is 0.335. The first-order valence-corrected chi connectivity index (χ1v) is 10.3. The highest BCUT2D eigenvalue weighted by molar-refractivity contribution is 6.27. The van der Waals surface area contributed by atoms with Crippen molar-refractivity contribution in [2.24, 2.45) is 0 Å². The molecule has 1 unspecified atom stereocenters. The van der Waals surface area contributed by atoms with Crippen LogP contribution in [0.15, 0.2) is 18.6 Å². The van der Waals surface area contributed by atoms with Gasteiger partial charge in [0.25, 0.3) is 0 Å². The number of morpholine rings is 1. The molecule has 2 N–H and O–H groups in total. The lowest BCUT2D eigenvalue weighted by atomic mass is 10.0. The van der Waals surface area contributed by atoms with Gasteiger partial charge in [-0.2, -0.15) is 0 Å². The van der Waals surface area contributed by atoms with E-state index in [1.807, 2.05) is 11.9 Å². The highest BCUT2D eigenvalue weighted by atomic mass is 16.5. The van der Waals surface area contributed by atoms with Gasteiger partial charge in [0, 0.05) is 31.5 Å². The maximum atomic E-state index is 12.7. The third-order valence-corrected chi connectivity index (χ3v) is 5.27. The van der Waals surface area contributed by atoms with Gasteiger partial charge in [-0.3, -0.25) is 14.7 Å². The van der Waals surface area contributed by atoms with E-state index >= 15 is 0 Å². The maximum Gasteiger partial charge on any atom is 0.414 e. The normalized spacial score (nSPS) is 21.2. The molecule has 0 radical (unpaired) electrons. The number of amides is 1. The maximum absolute atomic E-state index is 12.7. The summed E-state index contributed by atoms with van der Waals surface area (Å²) in [6.07, 6.45) is 5.10. The van der Waals surface area contributed by atoms with Crippen LogP contribution in [0.5, 0.6) is 0 Å². The number of aliphatic carboxylic acids is 2. The van der Waals surface area contributed by atoms with E-state index < -0.39 is 17.5 Å². The molecule has 0 aromatic carbocycles. The fourth-order valence-corrected chi connectivity index (χ4v) is 3.29. The molecule has 178 valence electrons. The van der Waals surface area contributed by atoms with E-state index in [0.29, 0.717) is 52.0 Å². The predicted molar refractivity (Wildman–Crippen MR) is 113 cm³/mol. The van der Waals surface area contributed by atoms with Gasteiger partial charge in [-0.1, -0.05) is 0 Å². The second kappa shape index (κ2) is 11.7. The van der Waals surface area contributed by atoms with Gasteiger partial charge in [0.15, 0.2) is 0 Å². The Kier molecular flexibility index (Phi) is 9.29. The Morgan fingerprint density at radius 2 is 1.88 bits per heavy atom. The Bertz CT molecular complexity index is 767. The Morgan fingerprint density at radius 3 is 2.47 bits per heavy atom. The number of carbonyl (C=O) groups excluding carboxylic acids is 1. The number of carbonyl (C=O) groups is 3. The zero-order valence-corrected chi connectivity index (χ0v) is 18.6. The van der Waals surface area contributed by atoms with Gasteiger partial charge in [0.05, 0.1) is 45.7 Å². The van der Waals surface area contributed by atoms with Crippen molar-refractivity contribution in [3.63, 3.8) is 0 Å². The van der Waals surface area contributed by atoms with Crippen LogP contribution in [0.2, 0.25) is 0 Å². The molecule has 2 fully saturated rings. The first-order valence-electron chi connectivity index (χ1n) is 10.3. The molecule has 0 aliphatic carbocycles. The first-order chi connectivity index (χ1) is 15.1. The number of ether oxygens (including phenoxy) is 2. The quantitative estimate of drug-likeness (QED) is 0.564. The number of rotatable bonds is 4. The van der Waals surface area contributed by atoms with Gasteiger partial charge in [-0.15, -0.1) is 0 Å². The predicted octanol–water partition coefficient (Wildman–Crippen LogP) is -0.593. The van der Waals surface area contributed by atoms with Gasteiger partial charge >= 0.3 is 11.9 Å². The molecule has 1 aromatic rings. The van der Waals surface area contributed by atoms with Crippen molar-refractivity contribution in [2.45, 2.75) is 25.5 Å². The highest BCUT2D eigenvalue weighted by Crippen LogP contribution is 2.25. The van der Waals surface area contributed by atoms with Crippen molar-refractivity contribution < 1.29 is 34.1 Å². The molecule has 1 amide bonds. The van der Waals surface area contributed by atoms with E-state index in [1.165, 1.54) is 0 Å². The highest BCUT2D eigenvalue weighted by Gasteiger charge is 2.42. The molecule has 2 aliphatic rings. The summed E-state index contributed by atoms with van der Waals surface area (Å²) < 4.78 is 12.0. The summed E-state index contributed by atoms with van der Waals surface area (Å²) in [5.74, 6) is -2.70. The standard InChI is InChI=1S/C18H29N5O3.C2H2O4/c1-15(2)21(3)11-17(24)23-7-9-26-18(13-23)12-22(6-8-25-14-18)16-10-19-4-5-20-16;3-1(4)2(5)6/h4-5,10,15H,6-9,11-14H2,1-3H3;(H,3,4)(H,5,6). The van der Waals surface area contributed by atoms with Crippen molar-refractivity contribution in [2.75, 3.05) is 64.5 Å². The Labute approximate surface area is 186 Å². The molecule has 32 heavy (non-hydrogen) atoms. The van der Waals surface area contributed by atoms with E-state index in [4.69, 9.17) is 29.3 Å². The average molecular weight is 453 g/mol. The van der Waals surface area contributed by atoms with Crippen LogP contribution in [0, 0.1) is 0 Å². The van der Waals surface area contributed by atoms with Crippen LogP contribution in [0.25, 0.3) is 0 Å². The first kappa shape index (κ1) is 25.4. The van der Waals surface area contributed by atoms with Gasteiger partial charge in [0.1, 0.15) is 11.4 Å².